The first-order valence-electron chi connectivity index (χ1n) is 11.8. The van der Waals surface area contributed by atoms with Gasteiger partial charge < -0.3 is 15.9 Å². The number of rotatable bonds is 2. The van der Waals surface area contributed by atoms with Gasteiger partial charge in [0, 0.05) is 28.7 Å². The summed E-state index contributed by atoms with van der Waals surface area (Å²) in [5.41, 5.74) is 18.0. The second-order valence-electron chi connectivity index (χ2n) is 9.41. The van der Waals surface area contributed by atoms with Gasteiger partial charge in [0.25, 0.3) is 0 Å². The lowest BCUT2D eigenvalue weighted by Crippen LogP contribution is -2.07. The van der Waals surface area contributed by atoms with E-state index in [1.165, 1.54) is 5.56 Å². The number of phenolic OH excluding ortho intramolecular Hbond substituents is 2. The molecule has 168 valence electrons. The maximum Gasteiger partial charge on any atom is 0.123 e. The van der Waals surface area contributed by atoms with E-state index in [0.717, 1.165) is 55.8 Å². The number of nitrogens with two attached hydrogens (primary N) is 1. The largest absolute Gasteiger partial charge is 0.507 e. The number of phenols is 2. The number of hydrogen-bond donors (Lipinski definition) is 3. The Labute approximate surface area is 203 Å². The molecule has 0 saturated heterocycles. The molecule has 0 saturated carbocycles. The molecule has 3 heteroatoms. The van der Waals surface area contributed by atoms with Gasteiger partial charge in [-0.3, -0.25) is 0 Å². The highest BCUT2D eigenvalue weighted by Crippen LogP contribution is 2.54. The van der Waals surface area contributed by atoms with Crippen LogP contribution in [-0.4, -0.2) is 10.2 Å². The number of anilines is 1. The summed E-state index contributed by atoms with van der Waals surface area (Å²) in [6, 6.07) is 34.4. The van der Waals surface area contributed by atoms with Crippen LogP contribution in [-0.2, 0) is 0 Å². The van der Waals surface area contributed by atoms with Gasteiger partial charge in [-0.1, -0.05) is 84.9 Å². The average molecular weight is 454 g/mol. The van der Waals surface area contributed by atoms with E-state index in [1.54, 1.807) is 12.1 Å². The topological polar surface area (TPSA) is 66.5 Å². The van der Waals surface area contributed by atoms with Gasteiger partial charge in [0.1, 0.15) is 11.5 Å². The van der Waals surface area contributed by atoms with E-state index >= 15 is 0 Å². The van der Waals surface area contributed by atoms with Crippen LogP contribution >= 0.6 is 0 Å². The van der Waals surface area contributed by atoms with Crippen molar-refractivity contribution in [2.24, 2.45) is 0 Å². The predicted molar refractivity (Wildman–Crippen MR) is 140 cm³/mol. The van der Waals surface area contributed by atoms with Gasteiger partial charge in [-0.05, 0) is 62.7 Å². The lowest BCUT2D eigenvalue weighted by molar-refractivity contribution is 0.476. The summed E-state index contributed by atoms with van der Waals surface area (Å²) in [7, 11) is 0. The van der Waals surface area contributed by atoms with Crippen LogP contribution in [0, 0.1) is 0 Å². The molecule has 0 fully saturated rings. The Morgan fingerprint density at radius 3 is 1.63 bits per heavy atom. The fraction of sp³-hybridized carbons (Fsp3) is 0.0625. The molecule has 0 aromatic heterocycles. The monoisotopic (exact) mass is 453 g/mol. The van der Waals surface area contributed by atoms with Crippen LogP contribution in [0.5, 0.6) is 11.5 Å². The SMILES string of the molecule is Nc1ccc(C2c3ccccc3-c3c(O)cccc32)cc1C1c2ccccc2-c2c(O)cccc21. The molecule has 3 nitrogen and oxygen atoms in total. The van der Waals surface area contributed by atoms with Crippen LogP contribution in [0.25, 0.3) is 22.3 Å². The van der Waals surface area contributed by atoms with Gasteiger partial charge >= 0.3 is 0 Å². The Bertz CT molecular complexity index is 1650. The number of benzene rings is 5. The molecule has 0 bridgehead atoms. The van der Waals surface area contributed by atoms with Crippen molar-refractivity contribution in [2.75, 3.05) is 5.73 Å². The molecule has 5 aromatic rings. The first kappa shape index (κ1) is 19.9. The van der Waals surface area contributed by atoms with E-state index in [-0.39, 0.29) is 11.8 Å². The van der Waals surface area contributed by atoms with Crippen LogP contribution in [0.15, 0.2) is 103 Å². The van der Waals surface area contributed by atoms with Crippen molar-refractivity contribution in [3.63, 3.8) is 0 Å². The molecule has 2 aliphatic carbocycles. The molecule has 7 rings (SSSR count). The van der Waals surface area contributed by atoms with Crippen molar-refractivity contribution < 1.29 is 10.2 Å². The van der Waals surface area contributed by atoms with Crippen molar-refractivity contribution in [3.05, 3.63) is 137 Å². The average Bonchev–Trinajstić information content (AvgIpc) is 3.39. The van der Waals surface area contributed by atoms with Crippen LogP contribution in [0.2, 0.25) is 0 Å². The lowest BCUT2D eigenvalue weighted by atomic mass is 9.83. The fourth-order valence-corrected chi connectivity index (χ4v) is 6.19. The number of fused-ring (bicyclic) bond motifs is 6. The summed E-state index contributed by atoms with van der Waals surface area (Å²) < 4.78 is 0. The summed E-state index contributed by atoms with van der Waals surface area (Å²) in [6.45, 7) is 0. The van der Waals surface area contributed by atoms with E-state index in [2.05, 4.69) is 54.6 Å². The van der Waals surface area contributed by atoms with Gasteiger partial charge in [-0.2, -0.15) is 0 Å². The van der Waals surface area contributed by atoms with Gasteiger partial charge in [-0.25, -0.2) is 0 Å². The molecule has 0 aliphatic heterocycles. The van der Waals surface area contributed by atoms with Gasteiger partial charge in [-0.15, -0.1) is 0 Å². The Hall–Kier alpha value is -4.50. The number of hydrogen-bond acceptors (Lipinski definition) is 3. The molecule has 0 spiro atoms. The zero-order valence-corrected chi connectivity index (χ0v) is 18.9. The summed E-state index contributed by atoms with van der Waals surface area (Å²) >= 11 is 0. The molecule has 4 N–H and O–H groups in total. The molecule has 2 atom stereocenters. The first-order chi connectivity index (χ1) is 17.1. The van der Waals surface area contributed by atoms with E-state index < -0.39 is 0 Å². The highest BCUT2D eigenvalue weighted by molar-refractivity contribution is 5.87. The van der Waals surface area contributed by atoms with Crippen molar-refractivity contribution in [3.8, 4) is 33.8 Å². The predicted octanol–water partition coefficient (Wildman–Crippen LogP) is 7.00. The third-order valence-electron chi connectivity index (χ3n) is 7.61. The molecule has 0 radical (unpaired) electrons. The Balaban J connectivity index is 1.46. The van der Waals surface area contributed by atoms with Crippen molar-refractivity contribution >= 4 is 5.69 Å². The zero-order valence-electron chi connectivity index (χ0n) is 18.9. The molecule has 2 unspecified atom stereocenters. The van der Waals surface area contributed by atoms with Crippen molar-refractivity contribution in [2.45, 2.75) is 11.8 Å². The normalized spacial score (nSPS) is 16.9. The van der Waals surface area contributed by atoms with Gasteiger partial charge in [0.05, 0.1) is 0 Å². The third-order valence-corrected chi connectivity index (χ3v) is 7.61. The van der Waals surface area contributed by atoms with E-state index in [4.69, 9.17) is 5.73 Å². The van der Waals surface area contributed by atoms with E-state index in [1.807, 2.05) is 36.4 Å². The molecule has 0 amide bonds. The number of aromatic hydroxyl groups is 2. The van der Waals surface area contributed by atoms with E-state index in [0.29, 0.717) is 11.5 Å². The standard InChI is InChI=1S/C32H23NO2/c33-26-16-15-18(29-19-7-1-3-9-21(19)31-23(29)11-5-13-27(31)34)17-25(26)30-20-8-2-4-10-22(20)32-24(30)12-6-14-28(32)35/h1-17,29-30,34-35H,33H2. The van der Waals surface area contributed by atoms with Crippen LogP contribution in [0.3, 0.4) is 0 Å². The minimum atomic E-state index is -0.0615. The molecular weight excluding hydrogens is 430 g/mol. The smallest absolute Gasteiger partial charge is 0.123 e. The quantitative estimate of drug-likeness (QED) is 0.247. The molecule has 35 heavy (non-hydrogen) atoms. The van der Waals surface area contributed by atoms with Crippen LogP contribution in [0.4, 0.5) is 5.69 Å². The molecular formula is C32H23NO2. The van der Waals surface area contributed by atoms with Crippen molar-refractivity contribution in [1.82, 2.24) is 0 Å². The maximum atomic E-state index is 10.7. The summed E-state index contributed by atoms with van der Waals surface area (Å²) in [4.78, 5) is 0. The van der Waals surface area contributed by atoms with Crippen LogP contribution < -0.4 is 5.73 Å². The Kier molecular flexibility index (Phi) is 4.13. The summed E-state index contributed by atoms with van der Waals surface area (Å²) in [6.07, 6.45) is 0. The van der Waals surface area contributed by atoms with Crippen molar-refractivity contribution in [1.29, 1.82) is 0 Å². The van der Waals surface area contributed by atoms with Gasteiger partial charge in [0.2, 0.25) is 0 Å². The highest BCUT2D eigenvalue weighted by Gasteiger charge is 2.35. The molecule has 2 aliphatic rings. The highest BCUT2D eigenvalue weighted by atomic mass is 16.3. The second kappa shape index (κ2) is 7.25. The fourth-order valence-electron chi connectivity index (χ4n) is 6.19. The van der Waals surface area contributed by atoms with Gasteiger partial charge in [0.15, 0.2) is 0 Å². The van der Waals surface area contributed by atoms with E-state index in [9.17, 15) is 10.2 Å². The van der Waals surface area contributed by atoms with Crippen LogP contribution in [0.1, 0.15) is 45.2 Å². The third kappa shape index (κ3) is 2.72. The summed E-state index contributed by atoms with van der Waals surface area (Å²) in [5, 5.41) is 21.4. The first-order valence-corrected chi connectivity index (χ1v) is 11.8. The minimum absolute atomic E-state index is 0.00735. The maximum absolute atomic E-state index is 10.7. The lowest BCUT2D eigenvalue weighted by Gasteiger charge is -2.21. The zero-order chi connectivity index (χ0) is 23.7. The second-order valence-corrected chi connectivity index (χ2v) is 9.41. The molecule has 0 heterocycles. The minimum Gasteiger partial charge on any atom is -0.507 e. The Morgan fingerprint density at radius 1 is 0.486 bits per heavy atom. The summed E-state index contributed by atoms with van der Waals surface area (Å²) in [5.74, 6) is 0.546. The number of nitrogen functional groups attached to an aromatic ring is 1. The Morgan fingerprint density at radius 2 is 1.00 bits per heavy atom. The molecule has 5 aromatic carbocycles.